The normalized spacial score (nSPS) is 11.7. The Hall–Kier alpha value is -4.51. The number of aryl methyl sites for hydroxylation is 2. The van der Waals surface area contributed by atoms with Gasteiger partial charge in [0.15, 0.2) is 5.78 Å². The maximum absolute atomic E-state index is 13.6. The maximum Gasteiger partial charge on any atom is 0.365 e. The van der Waals surface area contributed by atoms with Gasteiger partial charge in [-0.25, -0.2) is 4.79 Å². The number of hydrogen-bond acceptors (Lipinski definition) is 4. The van der Waals surface area contributed by atoms with E-state index in [0.29, 0.717) is 16.8 Å². The van der Waals surface area contributed by atoms with E-state index in [1.54, 1.807) is 24.3 Å². The second-order valence-electron chi connectivity index (χ2n) is 9.73. The Morgan fingerprint density at radius 3 is 2.10 bits per heavy atom. The first-order valence-electron chi connectivity index (χ1n) is 13.5. The Balaban J connectivity index is 1.56. The SMILES string of the molecule is CCCCn1c2ccc(C(=O)c3ccccc3CC)cc2c2cc(C(C)=NOC(=O)c3ccccc3)ccc21. The first-order valence-corrected chi connectivity index (χ1v) is 13.5. The van der Waals surface area contributed by atoms with Gasteiger partial charge in [-0.15, -0.1) is 0 Å². The fourth-order valence-electron chi connectivity index (χ4n) is 5.02. The van der Waals surface area contributed by atoms with Crippen molar-refractivity contribution in [2.24, 2.45) is 5.16 Å². The molecule has 0 unspecified atom stereocenters. The molecule has 39 heavy (non-hydrogen) atoms. The molecule has 0 amide bonds. The lowest BCUT2D eigenvalue weighted by atomic mass is 9.96. The third kappa shape index (κ3) is 5.26. The number of fused-ring (bicyclic) bond motifs is 3. The van der Waals surface area contributed by atoms with E-state index in [9.17, 15) is 9.59 Å². The fourth-order valence-corrected chi connectivity index (χ4v) is 5.02. The van der Waals surface area contributed by atoms with Crippen molar-refractivity contribution in [1.82, 2.24) is 4.57 Å². The number of carbonyl (C=O) groups is 2. The summed E-state index contributed by atoms with van der Waals surface area (Å²) in [7, 11) is 0. The van der Waals surface area contributed by atoms with E-state index in [2.05, 4.69) is 41.8 Å². The minimum atomic E-state index is -0.497. The van der Waals surface area contributed by atoms with Crippen LogP contribution in [-0.4, -0.2) is 22.0 Å². The van der Waals surface area contributed by atoms with Crippen molar-refractivity contribution in [1.29, 1.82) is 0 Å². The molecule has 0 fully saturated rings. The molecule has 4 aromatic carbocycles. The van der Waals surface area contributed by atoms with Crippen LogP contribution in [0, 0.1) is 0 Å². The summed E-state index contributed by atoms with van der Waals surface area (Å²) >= 11 is 0. The van der Waals surface area contributed by atoms with Gasteiger partial charge >= 0.3 is 5.97 Å². The van der Waals surface area contributed by atoms with E-state index in [1.165, 1.54) is 0 Å². The van der Waals surface area contributed by atoms with Crippen molar-refractivity contribution in [2.45, 2.75) is 46.6 Å². The first-order chi connectivity index (χ1) is 19.0. The van der Waals surface area contributed by atoms with Crippen molar-refractivity contribution in [3.05, 3.63) is 119 Å². The zero-order valence-corrected chi connectivity index (χ0v) is 22.6. The molecule has 0 atom stereocenters. The van der Waals surface area contributed by atoms with Crippen LogP contribution in [-0.2, 0) is 17.8 Å². The molecule has 0 aliphatic rings. The largest absolute Gasteiger partial charge is 0.365 e. The molecule has 1 heterocycles. The van der Waals surface area contributed by atoms with Gasteiger partial charge in [0.05, 0.1) is 11.3 Å². The van der Waals surface area contributed by atoms with Crippen LogP contribution in [0.2, 0.25) is 0 Å². The highest BCUT2D eigenvalue weighted by molar-refractivity contribution is 6.16. The molecule has 5 nitrogen and oxygen atoms in total. The standard InChI is InChI=1S/C34H32N2O3/c1-4-6-20-36-31-18-16-26(23(3)35-39-34(38)25-13-8-7-9-14-25)21-29(31)30-22-27(17-19-32(30)36)33(37)28-15-11-10-12-24(28)5-2/h7-19,21-22H,4-6,20H2,1-3H3. The molecule has 0 saturated heterocycles. The first kappa shape index (κ1) is 26.1. The lowest BCUT2D eigenvalue weighted by Crippen LogP contribution is -2.05. The third-order valence-electron chi connectivity index (χ3n) is 7.20. The highest BCUT2D eigenvalue weighted by Gasteiger charge is 2.17. The van der Waals surface area contributed by atoms with Gasteiger partial charge in [-0.05, 0) is 73.4 Å². The molecule has 5 heteroatoms. The van der Waals surface area contributed by atoms with Gasteiger partial charge in [0, 0.05) is 39.5 Å². The zero-order valence-electron chi connectivity index (χ0n) is 22.6. The molecule has 0 aliphatic heterocycles. The lowest BCUT2D eigenvalue weighted by Gasteiger charge is -2.08. The van der Waals surface area contributed by atoms with Crippen LogP contribution < -0.4 is 0 Å². The number of oxime groups is 1. The summed E-state index contributed by atoms with van der Waals surface area (Å²) in [6, 6.07) is 28.8. The summed E-state index contributed by atoms with van der Waals surface area (Å²) in [6.45, 7) is 6.97. The molecule has 0 spiro atoms. The highest BCUT2D eigenvalue weighted by Crippen LogP contribution is 2.32. The third-order valence-corrected chi connectivity index (χ3v) is 7.20. The van der Waals surface area contributed by atoms with Crippen LogP contribution in [0.5, 0.6) is 0 Å². The second kappa shape index (κ2) is 11.5. The Kier molecular flexibility index (Phi) is 7.69. The summed E-state index contributed by atoms with van der Waals surface area (Å²) in [5.41, 5.74) is 6.57. The van der Waals surface area contributed by atoms with Gasteiger partial charge in [0.25, 0.3) is 0 Å². The van der Waals surface area contributed by atoms with Crippen LogP contribution in [0.1, 0.15) is 71.0 Å². The van der Waals surface area contributed by atoms with Crippen molar-refractivity contribution in [3.8, 4) is 0 Å². The van der Waals surface area contributed by atoms with Gasteiger partial charge < -0.3 is 9.40 Å². The Bertz CT molecular complexity index is 1700. The number of nitrogens with zero attached hydrogens (tertiary/aromatic N) is 2. The van der Waals surface area contributed by atoms with Crippen molar-refractivity contribution < 1.29 is 14.4 Å². The molecule has 0 bridgehead atoms. The molecular weight excluding hydrogens is 484 g/mol. The Morgan fingerprint density at radius 2 is 1.41 bits per heavy atom. The number of hydrogen-bond donors (Lipinski definition) is 0. The van der Waals surface area contributed by atoms with Crippen LogP contribution in [0.25, 0.3) is 21.8 Å². The molecule has 0 N–H and O–H groups in total. The summed E-state index contributed by atoms with van der Waals surface area (Å²) < 4.78 is 2.33. The summed E-state index contributed by atoms with van der Waals surface area (Å²) in [5.74, 6) is -0.465. The average Bonchev–Trinajstić information content (AvgIpc) is 3.30. The van der Waals surface area contributed by atoms with Gasteiger partial charge in [0.2, 0.25) is 0 Å². The molecule has 1 aromatic heterocycles. The zero-order chi connectivity index (χ0) is 27.4. The van der Waals surface area contributed by atoms with E-state index < -0.39 is 5.97 Å². The maximum atomic E-state index is 13.6. The van der Waals surface area contributed by atoms with Gasteiger partial charge in [-0.3, -0.25) is 4.79 Å². The minimum absolute atomic E-state index is 0.0329. The van der Waals surface area contributed by atoms with E-state index in [1.807, 2.05) is 55.5 Å². The van der Waals surface area contributed by atoms with E-state index >= 15 is 0 Å². The number of ketones is 1. The van der Waals surface area contributed by atoms with Crippen LogP contribution >= 0.6 is 0 Å². The molecule has 0 radical (unpaired) electrons. The molecular formula is C34H32N2O3. The quantitative estimate of drug-likeness (QED) is 0.0864. The number of unbranched alkanes of at least 4 members (excludes halogenated alkanes) is 1. The van der Waals surface area contributed by atoms with Crippen LogP contribution in [0.4, 0.5) is 0 Å². The highest BCUT2D eigenvalue weighted by atomic mass is 16.7. The van der Waals surface area contributed by atoms with Crippen LogP contribution in [0.3, 0.4) is 0 Å². The topological polar surface area (TPSA) is 60.7 Å². The smallest absolute Gasteiger partial charge is 0.340 e. The van der Waals surface area contributed by atoms with Crippen LogP contribution in [0.15, 0.2) is 96.2 Å². The van der Waals surface area contributed by atoms with E-state index in [4.69, 9.17) is 4.84 Å². The summed E-state index contributed by atoms with van der Waals surface area (Å²) in [4.78, 5) is 31.1. The van der Waals surface area contributed by atoms with Gasteiger partial charge in [-0.1, -0.05) is 74.0 Å². The monoisotopic (exact) mass is 516 g/mol. The average molecular weight is 517 g/mol. The predicted molar refractivity (Wildman–Crippen MR) is 158 cm³/mol. The number of aromatic nitrogens is 1. The molecule has 5 rings (SSSR count). The van der Waals surface area contributed by atoms with Crippen molar-refractivity contribution >= 4 is 39.3 Å². The Labute approximate surface area is 228 Å². The number of benzene rings is 4. The molecule has 5 aromatic rings. The van der Waals surface area contributed by atoms with Gasteiger partial charge in [0.1, 0.15) is 0 Å². The Morgan fingerprint density at radius 1 is 0.769 bits per heavy atom. The second-order valence-corrected chi connectivity index (χ2v) is 9.73. The van der Waals surface area contributed by atoms with Crippen molar-refractivity contribution in [3.63, 3.8) is 0 Å². The van der Waals surface area contributed by atoms with Gasteiger partial charge in [-0.2, -0.15) is 0 Å². The minimum Gasteiger partial charge on any atom is -0.340 e. The summed E-state index contributed by atoms with van der Waals surface area (Å²) in [5, 5.41) is 6.19. The predicted octanol–water partition coefficient (Wildman–Crippen LogP) is 7.97. The molecule has 0 saturated carbocycles. The summed E-state index contributed by atoms with van der Waals surface area (Å²) in [6.07, 6.45) is 2.95. The van der Waals surface area contributed by atoms with Crippen molar-refractivity contribution in [2.75, 3.05) is 0 Å². The number of carbonyl (C=O) groups excluding carboxylic acids is 2. The fraction of sp³-hybridized carbons (Fsp3) is 0.206. The lowest BCUT2D eigenvalue weighted by molar-refractivity contribution is 0.0516. The van der Waals surface area contributed by atoms with E-state index in [-0.39, 0.29) is 5.78 Å². The number of rotatable bonds is 9. The molecule has 0 aliphatic carbocycles. The molecule has 196 valence electrons. The van der Waals surface area contributed by atoms with E-state index in [0.717, 1.165) is 64.3 Å².